The Bertz CT molecular complexity index is 233. The number of rotatable bonds is 6. The Morgan fingerprint density at radius 3 is 2.67 bits per heavy atom. The molecule has 0 radical (unpaired) electrons. The van der Waals surface area contributed by atoms with Crippen LogP contribution in [0.1, 0.15) is 20.8 Å². The van der Waals surface area contributed by atoms with Gasteiger partial charge < -0.3 is 16.3 Å². The zero-order valence-corrected chi connectivity index (χ0v) is 10.2. The van der Waals surface area contributed by atoms with E-state index in [0.29, 0.717) is 0 Å². The molecule has 0 fully saturated rings. The van der Waals surface area contributed by atoms with E-state index in [2.05, 4.69) is 17.4 Å². The smallest absolute Gasteiger partial charge is 0.230 e. The number of thioether (sulfide) groups is 1. The van der Waals surface area contributed by atoms with Crippen LogP contribution in [-0.4, -0.2) is 34.5 Å². The number of hydrogen-bond acceptors (Lipinski definition) is 4. The summed E-state index contributed by atoms with van der Waals surface area (Å²) in [7, 11) is 0. The van der Waals surface area contributed by atoms with Crippen LogP contribution in [-0.2, 0) is 4.79 Å². The van der Waals surface area contributed by atoms with E-state index in [-0.39, 0.29) is 17.8 Å². The first-order valence-corrected chi connectivity index (χ1v) is 6.03. The average molecular weight is 233 g/mol. The monoisotopic (exact) mass is 233 g/mol. The van der Waals surface area contributed by atoms with Crippen LogP contribution in [0.2, 0.25) is 0 Å². The first-order chi connectivity index (χ1) is 7.02. The summed E-state index contributed by atoms with van der Waals surface area (Å²) in [5.41, 5.74) is 5.33. The minimum absolute atomic E-state index is 0.0668. The Balaban J connectivity index is 4.01. The second-order valence-electron chi connectivity index (χ2n) is 3.32. The van der Waals surface area contributed by atoms with Crippen molar-refractivity contribution >= 4 is 23.5 Å². The van der Waals surface area contributed by atoms with Crippen LogP contribution in [0.25, 0.3) is 0 Å². The van der Waals surface area contributed by atoms with Gasteiger partial charge in [-0.15, -0.1) is 0 Å². The van der Waals surface area contributed by atoms with Crippen molar-refractivity contribution in [2.75, 3.05) is 11.5 Å². The zero-order chi connectivity index (χ0) is 11.8. The van der Waals surface area contributed by atoms with Gasteiger partial charge in [-0.1, -0.05) is 12.1 Å². The molecule has 0 heterocycles. The lowest BCUT2D eigenvalue weighted by atomic mass is 10.1. The van der Waals surface area contributed by atoms with Gasteiger partial charge in [0.05, 0.1) is 5.92 Å². The summed E-state index contributed by atoms with van der Waals surface area (Å²) in [6.45, 7) is 5.60. The fourth-order valence-corrected chi connectivity index (χ4v) is 1.60. The Kier molecular flexibility index (Phi) is 6.94. The molecule has 5 nitrogen and oxygen atoms in total. The predicted molar refractivity (Wildman–Crippen MR) is 63.2 cm³/mol. The third-order valence-electron chi connectivity index (χ3n) is 1.91. The van der Waals surface area contributed by atoms with E-state index in [1.165, 1.54) is 0 Å². The second-order valence-corrected chi connectivity index (χ2v) is 4.63. The van der Waals surface area contributed by atoms with Gasteiger partial charge in [0.2, 0.25) is 5.91 Å². The maximum Gasteiger partial charge on any atom is 0.230 e. The van der Waals surface area contributed by atoms with Crippen LogP contribution in [0.15, 0.2) is 5.16 Å². The molecule has 0 saturated heterocycles. The van der Waals surface area contributed by atoms with E-state index in [1.807, 2.05) is 6.92 Å². The predicted octanol–water partition coefficient (Wildman–Crippen LogP) is 0.627. The van der Waals surface area contributed by atoms with Crippen molar-refractivity contribution in [3.8, 4) is 0 Å². The van der Waals surface area contributed by atoms with Crippen LogP contribution in [0.3, 0.4) is 0 Å². The highest BCUT2D eigenvalue weighted by Gasteiger charge is 2.18. The Hall–Kier alpha value is -0.910. The second kappa shape index (κ2) is 7.39. The molecular weight excluding hydrogens is 214 g/mol. The van der Waals surface area contributed by atoms with Gasteiger partial charge in [0.1, 0.15) is 0 Å². The summed E-state index contributed by atoms with van der Waals surface area (Å²) in [6.07, 6.45) is 0. The van der Waals surface area contributed by atoms with Gasteiger partial charge in [0.15, 0.2) is 5.84 Å². The average Bonchev–Trinajstić information content (AvgIpc) is 2.23. The minimum Gasteiger partial charge on any atom is -0.409 e. The highest BCUT2D eigenvalue weighted by Crippen LogP contribution is 2.03. The molecule has 2 unspecified atom stereocenters. The van der Waals surface area contributed by atoms with Crippen molar-refractivity contribution in [2.24, 2.45) is 16.8 Å². The summed E-state index contributed by atoms with van der Waals surface area (Å²) < 4.78 is 0. The van der Waals surface area contributed by atoms with Gasteiger partial charge in [-0.2, -0.15) is 11.8 Å². The number of oxime groups is 1. The van der Waals surface area contributed by atoms with Crippen LogP contribution in [0, 0.1) is 5.92 Å². The SMILES string of the molecule is CCSCC(C)NC(=O)C(C)C(N)=NO. The Labute approximate surface area is 94.5 Å². The first-order valence-electron chi connectivity index (χ1n) is 4.88. The van der Waals surface area contributed by atoms with Gasteiger partial charge in [-0.05, 0) is 19.6 Å². The van der Waals surface area contributed by atoms with E-state index in [1.54, 1.807) is 18.7 Å². The van der Waals surface area contributed by atoms with Crippen LogP contribution >= 0.6 is 11.8 Å². The lowest BCUT2D eigenvalue weighted by Gasteiger charge is -2.16. The molecule has 0 spiro atoms. The number of hydrogen-bond donors (Lipinski definition) is 3. The Morgan fingerprint density at radius 1 is 1.60 bits per heavy atom. The molecule has 88 valence electrons. The fraction of sp³-hybridized carbons (Fsp3) is 0.778. The fourth-order valence-electron chi connectivity index (χ4n) is 0.925. The van der Waals surface area contributed by atoms with E-state index < -0.39 is 5.92 Å². The lowest BCUT2D eigenvalue weighted by molar-refractivity contribution is -0.123. The molecule has 0 saturated carbocycles. The van der Waals surface area contributed by atoms with Gasteiger partial charge >= 0.3 is 0 Å². The quantitative estimate of drug-likeness (QED) is 0.272. The lowest BCUT2D eigenvalue weighted by Crippen LogP contribution is -2.42. The van der Waals surface area contributed by atoms with Crippen molar-refractivity contribution in [3.05, 3.63) is 0 Å². The van der Waals surface area contributed by atoms with E-state index in [0.717, 1.165) is 11.5 Å². The van der Waals surface area contributed by atoms with Crippen LogP contribution in [0.4, 0.5) is 0 Å². The van der Waals surface area contributed by atoms with Crippen molar-refractivity contribution in [1.29, 1.82) is 0 Å². The molecule has 0 aromatic heterocycles. The molecule has 6 heteroatoms. The maximum absolute atomic E-state index is 11.5. The van der Waals surface area contributed by atoms with Crippen LogP contribution in [0.5, 0.6) is 0 Å². The molecule has 1 amide bonds. The standard InChI is InChI=1S/C9H19N3O2S/c1-4-15-5-6(2)11-9(13)7(3)8(10)12-14/h6-7,14H,4-5H2,1-3H3,(H2,10,12)(H,11,13). The molecule has 0 aromatic carbocycles. The summed E-state index contributed by atoms with van der Waals surface area (Å²) in [6, 6.07) is 0.0939. The number of nitrogens with two attached hydrogens (primary N) is 1. The van der Waals surface area contributed by atoms with Gasteiger partial charge in [0.25, 0.3) is 0 Å². The molecular formula is C9H19N3O2S. The molecule has 0 rings (SSSR count). The Morgan fingerprint density at radius 2 is 2.20 bits per heavy atom. The maximum atomic E-state index is 11.5. The number of carbonyl (C=O) groups excluding carboxylic acids is 1. The molecule has 0 aliphatic rings. The minimum atomic E-state index is -0.593. The summed E-state index contributed by atoms with van der Waals surface area (Å²) in [5, 5.41) is 14.0. The number of nitrogens with one attached hydrogen (secondary N) is 1. The van der Waals surface area contributed by atoms with Gasteiger partial charge in [-0.25, -0.2) is 0 Å². The van der Waals surface area contributed by atoms with Crippen molar-refractivity contribution in [2.45, 2.75) is 26.8 Å². The third-order valence-corrected chi connectivity index (χ3v) is 3.06. The molecule has 0 bridgehead atoms. The summed E-state index contributed by atoms with van der Waals surface area (Å²) in [5.74, 6) is 1.02. The summed E-state index contributed by atoms with van der Waals surface area (Å²) in [4.78, 5) is 11.5. The molecule has 0 aromatic rings. The summed E-state index contributed by atoms with van der Waals surface area (Å²) >= 11 is 1.76. The molecule has 4 N–H and O–H groups in total. The molecule has 0 aliphatic heterocycles. The normalized spacial score (nSPS) is 15.8. The largest absolute Gasteiger partial charge is 0.409 e. The van der Waals surface area contributed by atoms with Crippen molar-refractivity contribution in [1.82, 2.24) is 5.32 Å². The molecule has 2 atom stereocenters. The first kappa shape index (κ1) is 14.1. The number of carbonyl (C=O) groups is 1. The van der Waals surface area contributed by atoms with E-state index >= 15 is 0 Å². The number of amidine groups is 1. The van der Waals surface area contributed by atoms with Crippen molar-refractivity contribution < 1.29 is 10.0 Å². The number of nitrogens with zero attached hydrogens (tertiary/aromatic N) is 1. The van der Waals surface area contributed by atoms with Gasteiger partial charge in [-0.3, -0.25) is 4.79 Å². The zero-order valence-electron chi connectivity index (χ0n) is 9.36. The number of amides is 1. The molecule has 15 heavy (non-hydrogen) atoms. The van der Waals surface area contributed by atoms with E-state index in [4.69, 9.17) is 10.9 Å². The van der Waals surface area contributed by atoms with E-state index in [9.17, 15) is 4.79 Å². The van der Waals surface area contributed by atoms with Crippen LogP contribution < -0.4 is 11.1 Å². The highest BCUT2D eigenvalue weighted by atomic mass is 32.2. The molecule has 0 aliphatic carbocycles. The third kappa shape index (κ3) is 5.51. The highest BCUT2D eigenvalue weighted by molar-refractivity contribution is 7.99. The van der Waals surface area contributed by atoms with Crippen molar-refractivity contribution in [3.63, 3.8) is 0 Å². The topological polar surface area (TPSA) is 87.7 Å². The van der Waals surface area contributed by atoms with Gasteiger partial charge in [0, 0.05) is 11.8 Å².